The molecule has 184 valence electrons. The van der Waals surface area contributed by atoms with Crippen LogP contribution in [-0.4, -0.2) is 83.7 Å². The highest BCUT2D eigenvalue weighted by molar-refractivity contribution is 5.93. The molecule has 3 amide bonds. The molecule has 0 aromatic heterocycles. The monoisotopic (exact) mass is 460 g/mol. The fourth-order valence-corrected chi connectivity index (χ4v) is 2.55. The van der Waals surface area contributed by atoms with Gasteiger partial charge in [-0.2, -0.15) is 0 Å². The third kappa shape index (κ3) is 12.0. The third-order valence-corrected chi connectivity index (χ3v) is 4.43. The molecule has 32 heavy (non-hydrogen) atoms. The lowest BCUT2D eigenvalue weighted by atomic mass is 10.1. The first-order valence-corrected chi connectivity index (χ1v) is 10.3. The molecule has 0 aliphatic heterocycles. The Bertz CT molecular complexity index is 655. The third-order valence-electron chi connectivity index (χ3n) is 4.43. The first-order valence-electron chi connectivity index (χ1n) is 10.3. The molecule has 0 aromatic carbocycles. The van der Waals surface area contributed by atoms with E-state index in [1.807, 2.05) is 0 Å². The second-order valence-corrected chi connectivity index (χ2v) is 7.21. The first-order chi connectivity index (χ1) is 15.0. The van der Waals surface area contributed by atoms with Crippen LogP contribution in [-0.2, 0) is 19.2 Å². The van der Waals surface area contributed by atoms with Crippen molar-refractivity contribution in [2.45, 2.75) is 63.2 Å². The number of aliphatic carboxylic acids is 1. The number of aliphatic imine (C=N–C) groups is 1. The summed E-state index contributed by atoms with van der Waals surface area (Å²) in [4.78, 5) is 51.8. The van der Waals surface area contributed by atoms with Gasteiger partial charge in [-0.25, -0.2) is 4.79 Å². The molecule has 0 aliphatic rings. The average Bonchev–Trinajstić information content (AvgIpc) is 2.73. The van der Waals surface area contributed by atoms with E-state index in [9.17, 15) is 29.4 Å². The second-order valence-electron chi connectivity index (χ2n) is 7.21. The van der Waals surface area contributed by atoms with Gasteiger partial charge in [0.25, 0.3) is 0 Å². The van der Waals surface area contributed by atoms with Gasteiger partial charge in [0.05, 0.1) is 12.6 Å². The molecule has 0 saturated carbocycles. The number of carboxylic acids is 1. The Morgan fingerprint density at radius 1 is 0.906 bits per heavy atom. The van der Waals surface area contributed by atoms with Crippen LogP contribution < -0.4 is 38.9 Å². The molecule has 0 heterocycles. The maximum Gasteiger partial charge on any atom is 0.326 e. The predicted octanol–water partition coefficient (Wildman–Crippen LogP) is -3.95. The van der Waals surface area contributed by atoms with Crippen molar-refractivity contribution in [3.05, 3.63) is 0 Å². The Hall–Kier alpha value is -2.97. The van der Waals surface area contributed by atoms with Crippen LogP contribution in [0.1, 0.15) is 39.0 Å². The first kappa shape index (κ1) is 29.0. The minimum absolute atomic E-state index is 0.0262. The van der Waals surface area contributed by atoms with E-state index in [1.165, 1.54) is 6.92 Å². The normalized spacial score (nSPS) is 14.4. The zero-order chi connectivity index (χ0) is 24.7. The van der Waals surface area contributed by atoms with Gasteiger partial charge in [0, 0.05) is 6.54 Å². The van der Waals surface area contributed by atoms with Crippen molar-refractivity contribution in [1.82, 2.24) is 16.0 Å². The van der Waals surface area contributed by atoms with Crippen LogP contribution in [0.5, 0.6) is 0 Å². The highest BCUT2D eigenvalue weighted by Gasteiger charge is 2.28. The van der Waals surface area contributed by atoms with Crippen molar-refractivity contribution in [2.75, 3.05) is 19.7 Å². The van der Waals surface area contributed by atoms with Gasteiger partial charge in [-0.1, -0.05) is 6.42 Å². The largest absolute Gasteiger partial charge is 0.480 e. The number of aliphatic hydroxyl groups excluding tert-OH is 1. The van der Waals surface area contributed by atoms with Crippen LogP contribution in [0.15, 0.2) is 4.99 Å². The lowest BCUT2D eigenvalue weighted by Gasteiger charge is -2.22. The molecule has 0 spiro atoms. The van der Waals surface area contributed by atoms with Crippen LogP contribution in [0, 0.1) is 0 Å². The van der Waals surface area contributed by atoms with Crippen LogP contribution >= 0.6 is 0 Å². The summed E-state index contributed by atoms with van der Waals surface area (Å²) in [5.74, 6) is -3.62. The molecule has 4 unspecified atom stereocenters. The Morgan fingerprint density at radius 3 is 2.06 bits per heavy atom. The zero-order valence-corrected chi connectivity index (χ0v) is 18.3. The summed E-state index contributed by atoms with van der Waals surface area (Å²) in [5.41, 5.74) is 21.5. The van der Waals surface area contributed by atoms with Crippen molar-refractivity contribution in [1.29, 1.82) is 0 Å². The van der Waals surface area contributed by atoms with Crippen molar-refractivity contribution in [3.8, 4) is 0 Å². The number of nitrogens with zero attached hydrogens (tertiary/aromatic N) is 1. The molecular formula is C18H36N8O6. The number of carbonyl (C=O) groups is 4. The molecule has 0 radical (unpaired) electrons. The van der Waals surface area contributed by atoms with E-state index in [4.69, 9.17) is 22.9 Å². The number of hydrogen-bond donors (Lipinski definition) is 9. The summed E-state index contributed by atoms with van der Waals surface area (Å²) in [7, 11) is 0. The Morgan fingerprint density at radius 2 is 1.53 bits per heavy atom. The van der Waals surface area contributed by atoms with Gasteiger partial charge in [-0.3, -0.25) is 19.4 Å². The summed E-state index contributed by atoms with van der Waals surface area (Å²) < 4.78 is 0. The number of guanidine groups is 1. The molecule has 0 bridgehead atoms. The molecule has 0 fully saturated rings. The van der Waals surface area contributed by atoms with Gasteiger partial charge in [-0.05, 0) is 39.2 Å². The number of aliphatic hydroxyl groups is 1. The predicted molar refractivity (Wildman–Crippen MR) is 117 cm³/mol. The number of unbranched alkanes of at least 4 members (excludes halogenated alkanes) is 1. The van der Waals surface area contributed by atoms with Crippen LogP contribution in [0.25, 0.3) is 0 Å². The maximum absolute atomic E-state index is 12.3. The van der Waals surface area contributed by atoms with Gasteiger partial charge in [0.15, 0.2) is 5.96 Å². The van der Waals surface area contributed by atoms with Gasteiger partial charge in [0.2, 0.25) is 17.7 Å². The fourth-order valence-electron chi connectivity index (χ4n) is 2.55. The van der Waals surface area contributed by atoms with E-state index < -0.39 is 54.5 Å². The molecule has 0 aliphatic carbocycles. The van der Waals surface area contributed by atoms with E-state index in [2.05, 4.69) is 20.9 Å². The number of rotatable bonds is 16. The summed E-state index contributed by atoms with van der Waals surface area (Å²) in [6.07, 6.45) is 2.09. The number of nitrogens with two attached hydrogens (primary N) is 4. The Labute approximate surface area is 186 Å². The van der Waals surface area contributed by atoms with Crippen molar-refractivity contribution in [3.63, 3.8) is 0 Å². The molecular weight excluding hydrogens is 424 g/mol. The number of carboxylic acid groups (broad SMARTS) is 1. The fraction of sp³-hybridized carbons (Fsp3) is 0.722. The molecule has 14 nitrogen and oxygen atoms in total. The quantitative estimate of drug-likeness (QED) is 0.0612. The standard InChI is InChI=1S/C18H36N8O6/c1-10(24-15(29)11(20)5-2-3-7-19)14(28)26-13(9-27)16(30)25-12(17(31)32)6-4-8-23-18(21)22/h10-13,27H,2-9,19-20H2,1H3,(H,24,29)(H,25,30)(H,26,28)(H,31,32)(H4,21,22,23). The second kappa shape index (κ2) is 15.8. The van der Waals surface area contributed by atoms with Gasteiger partial charge < -0.3 is 49.1 Å². The van der Waals surface area contributed by atoms with Crippen LogP contribution in [0.2, 0.25) is 0 Å². The summed E-state index contributed by atoms with van der Waals surface area (Å²) in [5, 5.41) is 25.7. The van der Waals surface area contributed by atoms with Gasteiger partial charge >= 0.3 is 5.97 Å². The SMILES string of the molecule is CC(NC(=O)C(N)CCCCN)C(=O)NC(CO)C(=O)NC(CCCN=C(N)N)C(=O)O. The molecule has 13 N–H and O–H groups in total. The van der Waals surface area contributed by atoms with Gasteiger partial charge in [0.1, 0.15) is 18.1 Å². The Kier molecular flexibility index (Phi) is 14.3. The molecule has 0 rings (SSSR count). The molecule has 0 saturated heterocycles. The zero-order valence-electron chi connectivity index (χ0n) is 18.3. The van der Waals surface area contributed by atoms with E-state index in [-0.39, 0.29) is 25.3 Å². The number of hydrogen-bond acceptors (Lipinski definition) is 8. The van der Waals surface area contributed by atoms with Crippen molar-refractivity contribution in [2.24, 2.45) is 27.9 Å². The number of nitrogens with one attached hydrogen (secondary N) is 3. The minimum Gasteiger partial charge on any atom is -0.480 e. The summed E-state index contributed by atoms with van der Waals surface area (Å²) >= 11 is 0. The topological polar surface area (TPSA) is 261 Å². The summed E-state index contributed by atoms with van der Waals surface area (Å²) in [6.45, 7) is 1.26. The number of carbonyl (C=O) groups excluding carboxylic acids is 3. The molecule has 0 aromatic rings. The van der Waals surface area contributed by atoms with Gasteiger partial charge in [-0.15, -0.1) is 0 Å². The lowest BCUT2D eigenvalue weighted by Crippen LogP contribution is -2.57. The van der Waals surface area contributed by atoms with E-state index in [0.29, 0.717) is 19.4 Å². The van der Waals surface area contributed by atoms with E-state index in [1.54, 1.807) is 0 Å². The van der Waals surface area contributed by atoms with Crippen LogP contribution in [0.4, 0.5) is 0 Å². The Balaban J connectivity index is 4.74. The number of amides is 3. The van der Waals surface area contributed by atoms with E-state index in [0.717, 1.165) is 6.42 Å². The van der Waals surface area contributed by atoms with Crippen molar-refractivity contribution < 1.29 is 29.4 Å². The summed E-state index contributed by atoms with van der Waals surface area (Å²) in [6, 6.07) is -4.55. The van der Waals surface area contributed by atoms with Crippen molar-refractivity contribution >= 4 is 29.7 Å². The lowest BCUT2D eigenvalue weighted by molar-refractivity contribution is -0.142. The molecule has 4 atom stereocenters. The van der Waals surface area contributed by atoms with E-state index >= 15 is 0 Å². The minimum atomic E-state index is -1.42. The highest BCUT2D eigenvalue weighted by atomic mass is 16.4. The molecule has 14 heteroatoms. The highest BCUT2D eigenvalue weighted by Crippen LogP contribution is 2.01. The van der Waals surface area contributed by atoms with Crippen LogP contribution in [0.3, 0.4) is 0 Å². The maximum atomic E-state index is 12.3. The smallest absolute Gasteiger partial charge is 0.326 e. The average molecular weight is 461 g/mol.